The normalized spacial score (nSPS) is 35.5. The number of carbonyl (C=O) groups is 1. The lowest BCUT2D eigenvalue weighted by molar-refractivity contribution is -0.916. The number of likely N-dealkylation sites (N-methyl/N-ethyl adjacent to an activating group) is 1. The minimum Gasteiger partial charge on any atom is -0.497 e. The summed E-state index contributed by atoms with van der Waals surface area (Å²) in [5.41, 5.74) is 2.44. The molecule has 22 heavy (non-hydrogen) atoms. The molecule has 4 rings (SSSR count). The van der Waals surface area contributed by atoms with Crippen LogP contribution < -0.4 is 4.74 Å². The Morgan fingerprint density at radius 3 is 2.86 bits per heavy atom. The largest absolute Gasteiger partial charge is 0.497 e. The van der Waals surface area contributed by atoms with Crippen LogP contribution in [0.5, 0.6) is 5.75 Å². The average Bonchev–Trinajstić information content (AvgIpc) is 2.51. The fourth-order valence-electron chi connectivity index (χ4n) is 5.56. The second-order valence-electron chi connectivity index (χ2n) is 7.98. The van der Waals surface area contributed by atoms with Crippen LogP contribution in [-0.4, -0.2) is 44.1 Å². The predicted molar refractivity (Wildman–Crippen MR) is 86.1 cm³/mol. The highest BCUT2D eigenvalue weighted by molar-refractivity contribution is 5.93. The zero-order chi connectivity index (χ0) is 15.5. The van der Waals surface area contributed by atoms with Crippen LogP contribution in [0.1, 0.15) is 36.8 Å². The molecular weight excluding hydrogens is 274 g/mol. The molecule has 1 heterocycles. The number of quaternary nitrogens is 1. The monoisotopic (exact) mass is 300 g/mol. The van der Waals surface area contributed by atoms with Crippen LogP contribution in [0.15, 0.2) is 18.2 Å². The summed E-state index contributed by atoms with van der Waals surface area (Å²) >= 11 is 0. The summed E-state index contributed by atoms with van der Waals surface area (Å²) in [6.07, 6.45) is 5.79. The van der Waals surface area contributed by atoms with Crippen LogP contribution in [0.4, 0.5) is 0 Å². The number of nitrogens with zero attached hydrogens (tertiary/aromatic N) is 1. The van der Waals surface area contributed by atoms with Crippen molar-refractivity contribution >= 4 is 5.78 Å². The molecule has 3 heteroatoms. The number of methoxy groups -OCH3 is 1. The highest BCUT2D eigenvalue weighted by Gasteiger charge is 2.62. The van der Waals surface area contributed by atoms with Gasteiger partial charge in [-0.25, -0.2) is 0 Å². The van der Waals surface area contributed by atoms with Crippen molar-refractivity contribution in [3.05, 3.63) is 29.3 Å². The van der Waals surface area contributed by atoms with Gasteiger partial charge in [-0.2, -0.15) is 0 Å². The number of ether oxygens (including phenoxy) is 1. The van der Waals surface area contributed by atoms with E-state index in [1.54, 1.807) is 7.11 Å². The number of piperidine rings is 1. The Labute approximate surface area is 132 Å². The van der Waals surface area contributed by atoms with Gasteiger partial charge in [-0.1, -0.05) is 18.9 Å². The topological polar surface area (TPSA) is 26.3 Å². The third-order valence-electron chi connectivity index (χ3n) is 6.61. The first kappa shape index (κ1) is 14.3. The Hall–Kier alpha value is -1.35. The summed E-state index contributed by atoms with van der Waals surface area (Å²) in [5, 5.41) is 0. The van der Waals surface area contributed by atoms with Gasteiger partial charge in [-0.05, 0) is 36.1 Å². The van der Waals surface area contributed by atoms with Gasteiger partial charge in [0.25, 0.3) is 0 Å². The summed E-state index contributed by atoms with van der Waals surface area (Å²) in [5.74, 6) is 1.87. The molecule has 2 aliphatic carbocycles. The van der Waals surface area contributed by atoms with Crippen LogP contribution in [-0.2, 0) is 16.6 Å². The fraction of sp³-hybridized carbons (Fsp3) is 0.632. The molecule has 1 saturated carbocycles. The number of hydrogen-bond acceptors (Lipinski definition) is 2. The van der Waals surface area contributed by atoms with Gasteiger partial charge in [-0.3, -0.25) is 4.79 Å². The van der Waals surface area contributed by atoms with Gasteiger partial charge in [0.15, 0.2) is 5.78 Å². The Balaban J connectivity index is 1.96. The first-order valence-electron chi connectivity index (χ1n) is 8.52. The molecule has 1 aliphatic heterocycles. The van der Waals surface area contributed by atoms with E-state index in [9.17, 15) is 4.79 Å². The summed E-state index contributed by atoms with van der Waals surface area (Å²) in [6.45, 7) is 0.678. The number of likely N-dealkylation sites (tertiary alicyclic amines) is 1. The van der Waals surface area contributed by atoms with Crippen molar-refractivity contribution in [3.8, 4) is 5.75 Å². The van der Waals surface area contributed by atoms with Crippen molar-refractivity contribution < 1.29 is 14.0 Å². The molecule has 0 spiro atoms. The zero-order valence-corrected chi connectivity index (χ0v) is 13.9. The SMILES string of the molecule is COc1ccc2c(c1)[C@]13CCCC[C@H]1[C@@H](C2)[N+](C)(C)CC3=O. The van der Waals surface area contributed by atoms with Gasteiger partial charge < -0.3 is 9.22 Å². The molecule has 3 atom stereocenters. The number of rotatable bonds is 1. The third-order valence-corrected chi connectivity index (χ3v) is 6.61. The maximum atomic E-state index is 13.3. The highest BCUT2D eigenvalue weighted by Crippen LogP contribution is 2.55. The molecule has 0 radical (unpaired) electrons. The fourth-order valence-corrected chi connectivity index (χ4v) is 5.56. The van der Waals surface area contributed by atoms with E-state index >= 15 is 0 Å². The van der Waals surface area contributed by atoms with E-state index in [1.165, 1.54) is 30.4 Å². The van der Waals surface area contributed by atoms with Crippen molar-refractivity contribution in [1.29, 1.82) is 0 Å². The second-order valence-corrected chi connectivity index (χ2v) is 7.98. The van der Waals surface area contributed by atoms with Gasteiger partial charge in [0, 0.05) is 12.3 Å². The molecule has 2 fully saturated rings. The lowest BCUT2D eigenvalue weighted by atomic mass is 9.51. The van der Waals surface area contributed by atoms with Gasteiger partial charge in [0.2, 0.25) is 0 Å². The molecule has 3 aliphatic rings. The molecule has 0 N–H and O–H groups in total. The van der Waals surface area contributed by atoms with Crippen LogP contribution in [0, 0.1) is 5.92 Å². The number of Topliss-reactive ketones (excluding diaryl/α,β-unsaturated/α-hetero) is 1. The van der Waals surface area contributed by atoms with Crippen LogP contribution in [0.2, 0.25) is 0 Å². The standard InChI is InChI=1S/C19H26NO2/c1-20(2)12-18(21)19-9-5-4-6-15(19)17(20)10-13-7-8-14(22-3)11-16(13)19/h7-8,11,15,17H,4-6,9-10,12H2,1-3H3/q+1/t15-,17+,19-/m0/s1. The molecule has 3 nitrogen and oxygen atoms in total. The summed E-state index contributed by atoms with van der Waals surface area (Å²) in [7, 11) is 6.21. The van der Waals surface area contributed by atoms with Crippen molar-refractivity contribution in [2.45, 2.75) is 43.6 Å². The first-order valence-corrected chi connectivity index (χ1v) is 8.52. The van der Waals surface area contributed by atoms with Gasteiger partial charge in [-0.15, -0.1) is 0 Å². The summed E-state index contributed by atoms with van der Waals surface area (Å²) < 4.78 is 6.31. The molecular formula is C19H26NO2+. The molecule has 0 unspecified atom stereocenters. The average molecular weight is 300 g/mol. The van der Waals surface area contributed by atoms with Gasteiger partial charge in [0.1, 0.15) is 12.3 Å². The number of fused-ring (bicyclic) bond motifs is 1. The Kier molecular flexibility index (Phi) is 2.96. The first-order chi connectivity index (χ1) is 10.5. The predicted octanol–water partition coefficient (Wildman–Crippen LogP) is 2.71. The Morgan fingerprint density at radius 2 is 2.09 bits per heavy atom. The van der Waals surface area contributed by atoms with Crippen molar-refractivity contribution in [2.24, 2.45) is 5.92 Å². The molecule has 118 valence electrons. The number of ketones is 1. The van der Waals surface area contributed by atoms with E-state index in [1.807, 2.05) is 0 Å². The Bertz CT molecular complexity index is 636. The van der Waals surface area contributed by atoms with Crippen LogP contribution in [0.3, 0.4) is 0 Å². The molecule has 1 aromatic rings. The highest BCUT2D eigenvalue weighted by atomic mass is 16.5. The molecule has 2 bridgehead atoms. The maximum absolute atomic E-state index is 13.3. The van der Waals surface area contributed by atoms with Gasteiger partial charge >= 0.3 is 0 Å². The lowest BCUT2D eigenvalue weighted by Gasteiger charge is -2.59. The maximum Gasteiger partial charge on any atom is 0.197 e. The summed E-state index contributed by atoms with van der Waals surface area (Å²) in [6, 6.07) is 7.00. The summed E-state index contributed by atoms with van der Waals surface area (Å²) in [4.78, 5) is 13.3. The molecule has 0 amide bonds. The Morgan fingerprint density at radius 1 is 1.27 bits per heavy atom. The second kappa shape index (κ2) is 4.58. The van der Waals surface area contributed by atoms with E-state index < -0.39 is 0 Å². The van der Waals surface area contributed by atoms with Crippen molar-refractivity contribution in [2.75, 3.05) is 27.7 Å². The number of carbonyl (C=O) groups excluding carboxylic acids is 1. The van der Waals surface area contributed by atoms with Crippen LogP contribution in [0.25, 0.3) is 0 Å². The quantitative estimate of drug-likeness (QED) is 0.746. The minimum atomic E-state index is -0.223. The smallest absolute Gasteiger partial charge is 0.197 e. The molecule has 0 aromatic heterocycles. The van der Waals surface area contributed by atoms with E-state index in [0.29, 0.717) is 24.3 Å². The van der Waals surface area contributed by atoms with Crippen LogP contribution >= 0.6 is 0 Å². The number of benzene rings is 1. The zero-order valence-electron chi connectivity index (χ0n) is 13.9. The van der Waals surface area contributed by atoms with Crippen molar-refractivity contribution in [1.82, 2.24) is 0 Å². The molecule has 1 aromatic carbocycles. The van der Waals surface area contributed by atoms with E-state index in [4.69, 9.17) is 4.74 Å². The molecule has 1 saturated heterocycles. The van der Waals surface area contributed by atoms with E-state index in [0.717, 1.165) is 23.1 Å². The number of hydrogen-bond donors (Lipinski definition) is 0. The van der Waals surface area contributed by atoms with E-state index in [2.05, 4.69) is 32.3 Å². The lowest BCUT2D eigenvalue weighted by Crippen LogP contribution is -2.71. The van der Waals surface area contributed by atoms with Gasteiger partial charge in [0.05, 0.1) is 32.7 Å². The minimum absolute atomic E-state index is 0.223. The van der Waals surface area contributed by atoms with Crippen molar-refractivity contribution in [3.63, 3.8) is 0 Å². The third kappa shape index (κ3) is 1.69. The van der Waals surface area contributed by atoms with E-state index in [-0.39, 0.29) is 5.41 Å².